The lowest BCUT2D eigenvalue weighted by Gasteiger charge is -2.47. The van der Waals surface area contributed by atoms with Crippen LogP contribution in [0.4, 0.5) is 8.78 Å². The normalized spacial score (nSPS) is 19.7. The van der Waals surface area contributed by atoms with E-state index in [2.05, 4.69) is 31.2 Å². The topological polar surface area (TPSA) is 0 Å². The van der Waals surface area contributed by atoms with Crippen LogP contribution in [0.15, 0.2) is 42.5 Å². The van der Waals surface area contributed by atoms with Crippen molar-refractivity contribution < 1.29 is 8.78 Å². The van der Waals surface area contributed by atoms with Crippen LogP contribution < -0.4 is 0 Å². The maximum absolute atomic E-state index is 13.6. The highest BCUT2D eigenvalue weighted by molar-refractivity contribution is 5.64. The predicted molar refractivity (Wildman–Crippen MR) is 112 cm³/mol. The van der Waals surface area contributed by atoms with Gasteiger partial charge in [0.25, 0.3) is 0 Å². The van der Waals surface area contributed by atoms with E-state index in [1.807, 2.05) is 0 Å². The number of halogens is 2. The first-order chi connectivity index (χ1) is 13.6. The van der Waals surface area contributed by atoms with Crippen molar-refractivity contribution in [3.63, 3.8) is 0 Å². The van der Waals surface area contributed by atoms with Crippen LogP contribution in [0.25, 0.3) is 11.1 Å². The van der Waals surface area contributed by atoms with Crippen molar-refractivity contribution >= 4 is 0 Å². The van der Waals surface area contributed by atoms with E-state index in [-0.39, 0.29) is 5.41 Å². The Bertz CT molecular complexity index is 763. The summed E-state index contributed by atoms with van der Waals surface area (Å²) in [6, 6.07) is 12.9. The first-order valence-electron chi connectivity index (χ1n) is 11.1. The molecule has 2 heteroatoms. The molecule has 2 aromatic rings. The van der Waals surface area contributed by atoms with Gasteiger partial charge in [-0.2, -0.15) is 0 Å². The molecule has 0 bridgehead atoms. The minimum Gasteiger partial charge on any atom is -0.204 e. The number of benzene rings is 2. The summed E-state index contributed by atoms with van der Waals surface area (Å²) in [5, 5.41) is 0. The molecule has 0 unspecified atom stereocenters. The minimum atomic E-state index is -0.789. The van der Waals surface area contributed by atoms with Gasteiger partial charge in [-0.15, -0.1) is 0 Å². The molecule has 4 rings (SSSR count). The van der Waals surface area contributed by atoms with Crippen LogP contribution in [0.1, 0.15) is 76.7 Å². The average Bonchev–Trinajstić information content (AvgIpc) is 2.76. The van der Waals surface area contributed by atoms with Crippen molar-refractivity contribution in [1.29, 1.82) is 0 Å². The van der Waals surface area contributed by atoms with E-state index >= 15 is 0 Å². The second-order valence-electron chi connectivity index (χ2n) is 9.16. The molecule has 0 heterocycles. The molecule has 0 aliphatic heterocycles. The molecular formula is C26H32F2. The third-order valence-electron chi connectivity index (χ3n) is 7.67. The van der Waals surface area contributed by atoms with E-state index in [1.54, 1.807) is 6.07 Å². The molecule has 2 saturated carbocycles. The van der Waals surface area contributed by atoms with E-state index in [1.165, 1.54) is 81.9 Å². The van der Waals surface area contributed by atoms with Crippen LogP contribution in [0.5, 0.6) is 0 Å². The van der Waals surface area contributed by atoms with Gasteiger partial charge in [-0.05, 0) is 71.8 Å². The van der Waals surface area contributed by atoms with Gasteiger partial charge < -0.3 is 0 Å². The molecule has 0 spiro atoms. The fourth-order valence-corrected chi connectivity index (χ4v) is 5.91. The fourth-order valence-electron chi connectivity index (χ4n) is 5.91. The Labute approximate surface area is 168 Å². The average molecular weight is 383 g/mol. The fraction of sp³-hybridized carbons (Fsp3) is 0.538. The maximum atomic E-state index is 13.6. The highest BCUT2D eigenvalue weighted by atomic mass is 19.2. The molecule has 2 aromatic carbocycles. The smallest absolute Gasteiger partial charge is 0.159 e. The Hall–Kier alpha value is -1.70. The van der Waals surface area contributed by atoms with Crippen LogP contribution in [-0.2, 0) is 5.41 Å². The highest BCUT2D eigenvalue weighted by Gasteiger charge is 2.42. The first-order valence-corrected chi connectivity index (χ1v) is 11.1. The molecule has 2 aliphatic carbocycles. The second kappa shape index (κ2) is 8.35. The minimum absolute atomic E-state index is 0.230. The van der Waals surface area contributed by atoms with Crippen molar-refractivity contribution in [2.45, 2.75) is 76.5 Å². The zero-order valence-corrected chi connectivity index (χ0v) is 17.0. The molecule has 0 radical (unpaired) electrons. The molecule has 2 fully saturated rings. The Morgan fingerprint density at radius 2 is 1.14 bits per heavy atom. The molecule has 0 saturated heterocycles. The molecule has 150 valence electrons. The van der Waals surface area contributed by atoms with Gasteiger partial charge in [-0.25, -0.2) is 8.78 Å². The molecule has 0 N–H and O–H groups in total. The Morgan fingerprint density at radius 1 is 0.643 bits per heavy atom. The summed E-state index contributed by atoms with van der Waals surface area (Å²) in [6.45, 7) is 2.52. The van der Waals surface area contributed by atoms with Gasteiger partial charge in [-0.3, -0.25) is 0 Å². The second-order valence-corrected chi connectivity index (χ2v) is 9.16. The highest BCUT2D eigenvalue weighted by Crippen LogP contribution is 2.50. The van der Waals surface area contributed by atoms with Crippen molar-refractivity contribution in [2.75, 3.05) is 0 Å². The predicted octanol–water partition coefficient (Wildman–Crippen LogP) is 8.05. The Kier molecular flexibility index (Phi) is 5.85. The van der Waals surface area contributed by atoms with E-state index in [4.69, 9.17) is 0 Å². The lowest BCUT2D eigenvalue weighted by Crippen LogP contribution is -2.41. The Morgan fingerprint density at radius 3 is 1.64 bits per heavy atom. The van der Waals surface area contributed by atoms with Gasteiger partial charge in [0.1, 0.15) is 0 Å². The zero-order valence-electron chi connectivity index (χ0n) is 17.0. The SMILES string of the molecule is CC(c1ccc(-c2ccc(F)c(F)c2)cc1)(C1CCCCC1)C1CCCCC1. The van der Waals surface area contributed by atoms with Gasteiger partial charge in [0.15, 0.2) is 11.6 Å². The summed E-state index contributed by atoms with van der Waals surface area (Å²) in [6.07, 6.45) is 13.6. The van der Waals surface area contributed by atoms with Gasteiger partial charge in [0.2, 0.25) is 0 Å². The summed E-state index contributed by atoms with van der Waals surface area (Å²) in [5.41, 5.74) is 3.37. The summed E-state index contributed by atoms with van der Waals surface area (Å²) in [4.78, 5) is 0. The summed E-state index contributed by atoms with van der Waals surface area (Å²) in [5.74, 6) is -0.0460. The van der Waals surface area contributed by atoms with Crippen LogP contribution >= 0.6 is 0 Å². The van der Waals surface area contributed by atoms with Crippen LogP contribution in [0, 0.1) is 23.5 Å². The summed E-state index contributed by atoms with van der Waals surface area (Å²) < 4.78 is 26.9. The third-order valence-corrected chi connectivity index (χ3v) is 7.67. The van der Waals surface area contributed by atoms with E-state index in [0.29, 0.717) is 0 Å². The maximum Gasteiger partial charge on any atom is 0.159 e. The summed E-state index contributed by atoms with van der Waals surface area (Å²) >= 11 is 0. The molecule has 0 amide bonds. The monoisotopic (exact) mass is 382 g/mol. The molecule has 28 heavy (non-hydrogen) atoms. The Balaban J connectivity index is 1.66. The quantitative estimate of drug-likeness (QED) is 0.502. The van der Waals surface area contributed by atoms with Gasteiger partial charge in [0, 0.05) is 0 Å². The van der Waals surface area contributed by atoms with E-state index < -0.39 is 11.6 Å². The van der Waals surface area contributed by atoms with Gasteiger partial charge >= 0.3 is 0 Å². The molecule has 0 aromatic heterocycles. The molecule has 0 atom stereocenters. The van der Waals surface area contributed by atoms with Crippen LogP contribution in [0.3, 0.4) is 0 Å². The van der Waals surface area contributed by atoms with E-state index in [0.717, 1.165) is 23.0 Å². The van der Waals surface area contributed by atoms with E-state index in [9.17, 15) is 8.78 Å². The van der Waals surface area contributed by atoms with Gasteiger partial charge in [-0.1, -0.05) is 75.8 Å². The largest absolute Gasteiger partial charge is 0.204 e. The van der Waals surface area contributed by atoms with Crippen LogP contribution in [0.2, 0.25) is 0 Å². The zero-order chi connectivity index (χ0) is 19.6. The lowest BCUT2D eigenvalue weighted by atomic mass is 9.57. The van der Waals surface area contributed by atoms with Crippen molar-refractivity contribution in [2.24, 2.45) is 11.8 Å². The summed E-state index contributed by atoms with van der Waals surface area (Å²) in [7, 11) is 0. The van der Waals surface area contributed by atoms with Crippen LogP contribution in [-0.4, -0.2) is 0 Å². The van der Waals surface area contributed by atoms with Crippen molar-refractivity contribution in [3.05, 3.63) is 59.7 Å². The van der Waals surface area contributed by atoms with Crippen molar-refractivity contribution in [1.82, 2.24) is 0 Å². The number of hydrogen-bond donors (Lipinski definition) is 0. The lowest BCUT2D eigenvalue weighted by molar-refractivity contribution is 0.115. The molecule has 2 aliphatic rings. The van der Waals surface area contributed by atoms with Crippen molar-refractivity contribution in [3.8, 4) is 11.1 Å². The standard InChI is InChI=1S/C26H32F2/c1-26(21-8-4-2-5-9-21,22-10-6-3-7-11-22)23-15-12-19(13-16-23)20-14-17-24(27)25(28)18-20/h12-18,21-22H,2-11H2,1H3. The first kappa shape index (κ1) is 19.6. The molecular weight excluding hydrogens is 350 g/mol. The molecule has 0 nitrogen and oxygen atoms in total. The third kappa shape index (κ3) is 3.75. The number of rotatable bonds is 4. The number of hydrogen-bond acceptors (Lipinski definition) is 0. The van der Waals surface area contributed by atoms with Gasteiger partial charge in [0.05, 0.1) is 0 Å².